The zero-order chi connectivity index (χ0) is 20.1. The molecule has 28 heavy (non-hydrogen) atoms. The number of fused-ring (bicyclic) bond motifs is 2. The first-order chi connectivity index (χ1) is 13.4. The minimum Gasteiger partial charge on any atom is -0.491 e. The first-order valence-electron chi connectivity index (χ1n) is 7.83. The van der Waals surface area contributed by atoms with Crippen LogP contribution in [0.1, 0.15) is 0 Å². The fourth-order valence-corrected chi connectivity index (χ4v) is 3.61. The fraction of sp³-hybridized carbons (Fsp3) is 0.200. The second kappa shape index (κ2) is 6.30. The molecule has 3 heterocycles. The summed E-state index contributed by atoms with van der Waals surface area (Å²) in [5, 5.41) is 7.43. The molecule has 4 aromatic rings. The first kappa shape index (κ1) is 17.9. The van der Waals surface area contributed by atoms with Crippen molar-refractivity contribution in [1.82, 2.24) is 29.4 Å². The van der Waals surface area contributed by atoms with Crippen LogP contribution in [0.15, 0.2) is 29.6 Å². The van der Waals surface area contributed by atoms with Crippen LogP contribution in [0.2, 0.25) is 0 Å². The Morgan fingerprint density at radius 1 is 1.18 bits per heavy atom. The Morgan fingerprint density at radius 2 is 1.96 bits per heavy atom. The van der Waals surface area contributed by atoms with Crippen LogP contribution in [0.5, 0.6) is 11.8 Å². The topological polar surface area (TPSA) is 126 Å². The highest BCUT2D eigenvalue weighted by Gasteiger charge is 2.26. The van der Waals surface area contributed by atoms with Gasteiger partial charge in [0.05, 0.1) is 31.3 Å². The summed E-state index contributed by atoms with van der Waals surface area (Å²) in [5.41, 5.74) is 0.514. The summed E-state index contributed by atoms with van der Waals surface area (Å²) in [5.74, 6) is -0.589. The van der Waals surface area contributed by atoms with Gasteiger partial charge in [-0.15, -0.1) is 5.10 Å². The van der Waals surface area contributed by atoms with Gasteiger partial charge in [0.2, 0.25) is 5.65 Å². The van der Waals surface area contributed by atoms with E-state index in [9.17, 15) is 12.8 Å². The fourth-order valence-electron chi connectivity index (χ4n) is 2.72. The molecule has 0 aliphatic rings. The van der Waals surface area contributed by atoms with Gasteiger partial charge in [0.1, 0.15) is 5.82 Å². The van der Waals surface area contributed by atoms with E-state index in [0.29, 0.717) is 5.52 Å². The number of aryl methyl sites for hydroxylation is 1. The number of methoxy groups -OCH3 is 2. The van der Waals surface area contributed by atoms with Crippen LogP contribution in [0.3, 0.4) is 0 Å². The van der Waals surface area contributed by atoms with E-state index >= 15 is 0 Å². The van der Waals surface area contributed by atoms with Crippen molar-refractivity contribution in [3.63, 3.8) is 0 Å². The number of aromatic nitrogens is 6. The molecule has 1 N–H and O–H groups in total. The van der Waals surface area contributed by atoms with Crippen LogP contribution in [0.25, 0.3) is 16.6 Å². The van der Waals surface area contributed by atoms with Crippen molar-refractivity contribution in [2.75, 3.05) is 18.9 Å². The SMILES string of the molecule is COc1cnc(OC)n2nc(S(=O)(=O)Nc3nn(C)c4cccc(F)c34)nc12. The van der Waals surface area contributed by atoms with Gasteiger partial charge < -0.3 is 9.47 Å². The lowest BCUT2D eigenvalue weighted by molar-refractivity contribution is 0.358. The van der Waals surface area contributed by atoms with Gasteiger partial charge in [-0.1, -0.05) is 6.07 Å². The maximum absolute atomic E-state index is 14.2. The highest BCUT2D eigenvalue weighted by Crippen LogP contribution is 2.27. The van der Waals surface area contributed by atoms with Crippen LogP contribution < -0.4 is 14.2 Å². The number of rotatable bonds is 5. The molecule has 0 spiro atoms. The Morgan fingerprint density at radius 3 is 2.68 bits per heavy atom. The molecule has 0 saturated heterocycles. The maximum Gasteiger partial charge on any atom is 0.319 e. The van der Waals surface area contributed by atoms with Crippen LogP contribution in [-0.2, 0) is 17.1 Å². The van der Waals surface area contributed by atoms with E-state index in [-0.39, 0.29) is 28.6 Å². The number of hydrogen-bond acceptors (Lipinski definition) is 8. The van der Waals surface area contributed by atoms with E-state index in [1.807, 2.05) is 0 Å². The molecule has 0 atom stereocenters. The molecule has 0 bridgehead atoms. The molecule has 13 heteroatoms. The Balaban J connectivity index is 1.84. The van der Waals surface area contributed by atoms with Gasteiger partial charge in [0.25, 0.3) is 5.16 Å². The number of benzene rings is 1. The van der Waals surface area contributed by atoms with E-state index in [0.717, 1.165) is 4.52 Å². The Labute approximate surface area is 157 Å². The quantitative estimate of drug-likeness (QED) is 0.519. The van der Waals surface area contributed by atoms with Crippen molar-refractivity contribution in [3.05, 3.63) is 30.2 Å². The lowest BCUT2D eigenvalue weighted by Gasteiger charge is -2.03. The molecule has 0 amide bonds. The van der Waals surface area contributed by atoms with Crippen molar-refractivity contribution >= 4 is 32.4 Å². The minimum absolute atomic E-state index is 0.0130. The lowest BCUT2D eigenvalue weighted by atomic mass is 10.2. The van der Waals surface area contributed by atoms with Gasteiger partial charge in [-0.2, -0.15) is 28.0 Å². The van der Waals surface area contributed by atoms with E-state index < -0.39 is 21.0 Å². The first-order valence-corrected chi connectivity index (χ1v) is 9.32. The summed E-state index contributed by atoms with van der Waals surface area (Å²) in [7, 11) is 0.0137. The molecule has 4 rings (SSSR count). The van der Waals surface area contributed by atoms with Gasteiger partial charge in [-0.3, -0.25) is 9.40 Å². The van der Waals surface area contributed by atoms with E-state index in [1.54, 1.807) is 13.1 Å². The van der Waals surface area contributed by atoms with Crippen molar-refractivity contribution < 1.29 is 22.3 Å². The summed E-state index contributed by atoms with van der Waals surface area (Å²) in [4.78, 5) is 7.96. The van der Waals surface area contributed by atoms with E-state index in [4.69, 9.17) is 9.47 Å². The maximum atomic E-state index is 14.2. The van der Waals surface area contributed by atoms with Gasteiger partial charge in [-0.25, -0.2) is 4.39 Å². The lowest BCUT2D eigenvalue weighted by Crippen LogP contribution is -2.15. The smallest absolute Gasteiger partial charge is 0.319 e. The summed E-state index contributed by atoms with van der Waals surface area (Å²) < 4.78 is 54.7. The van der Waals surface area contributed by atoms with Gasteiger partial charge in [-0.05, 0) is 12.1 Å². The van der Waals surface area contributed by atoms with Gasteiger partial charge >= 0.3 is 16.0 Å². The van der Waals surface area contributed by atoms with E-state index in [1.165, 1.54) is 37.2 Å². The molecule has 0 fully saturated rings. The largest absolute Gasteiger partial charge is 0.491 e. The average molecular weight is 407 g/mol. The zero-order valence-corrected chi connectivity index (χ0v) is 15.7. The second-order valence-corrected chi connectivity index (χ2v) is 7.23. The third-order valence-corrected chi connectivity index (χ3v) is 5.10. The second-order valence-electron chi connectivity index (χ2n) is 5.65. The predicted octanol–water partition coefficient (Wildman–Crippen LogP) is 0.968. The molecule has 0 unspecified atom stereocenters. The molecular formula is C15H14FN7O4S. The monoisotopic (exact) mass is 407 g/mol. The molecule has 0 aliphatic heterocycles. The molecule has 11 nitrogen and oxygen atoms in total. The van der Waals surface area contributed by atoms with Crippen molar-refractivity contribution in [1.29, 1.82) is 0 Å². The summed E-state index contributed by atoms with van der Waals surface area (Å²) in [6.07, 6.45) is 1.33. The standard InChI is InChI=1S/C15H14FN7O4S/c1-22-9-6-4-5-8(16)11(9)12(19-22)21-28(24,25)14-18-13-10(26-2)7-17-15(27-3)23(13)20-14/h4-7H,1-3H3,(H,19,21). The third-order valence-electron chi connectivity index (χ3n) is 3.98. The van der Waals surface area contributed by atoms with Gasteiger partial charge in [0, 0.05) is 7.05 Å². The third kappa shape index (κ3) is 2.67. The molecule has 3 aromatic heterocycles. The number of ether oxygens (including phenoxy) is 2. The summed E-state index contributed by atoms with van der Waals surface area (Å²) >= 11 is 0. The number of anilines is 1. The molecule has 0 saturated carbocycles. The highest BCUT2D eigenvalue weighted by atomic mass is 32.2. The van der Waals surface area contributed by atoms with Crippen molar-refractivity contribution in [3.8, 4) is 11.8 Å². The summed E-state index contributed by atoms with van der Waals surface area (Å²) in [6.45, 7) is 0. The predicted molar refractivity (Wildman–Crippen MR) is 95.4 cm³/mol. The molecule has 146 valence electrons. The highest BCUT2D eigenvalue weighted by molar-refractivity contribution is 7.92. The van der Waals surface area contributed by atoms with Crippen LogP contribution in [-0.4, -0.2) is 52.0 Å². The Hall–Kier alpha value is -3.48. The van der Waals surface area contributed by atoms with Crippen molar-refractivity contribution in [2.24, 2.45) is 7.05 Å². The van der Waals surface area contributed by atoms with Crippen molar-refractivity contribution in [2.45, 2.75) is 5.16 Å². The number of nitrogens with zero attached hydrogens (tertiary/aromatic N) is 6. The normalized spacial score (nSPS) is 11.9. The number of halogens is 1. The number of nitrogens with one attached hydrogen (secondary N) is 1. The van der Waals surface area contributed by atoms with Crippen LogP contribution >= 0.6 is 0 Å². The van der Waals surface area contributed by atoms with Crippen LogP contribution in [0, 0.1) is 5.82 Å². The zero-order valence-electron chi connectivity index (χ0n) is 14.9. The van der Waals surface area contributed by atoms with Crippen LogP contribution in [0.4, 0.5) is 10.2 Å². The molecule has 0 aliphatic carbocycles. The number of hydrogen-bond donors (Lipinski definition) is 1. The Bertz CT molecular complexity index is 1270. The molecular weight excluding hydrogens is 393 g/mol. The Kier molecular flexibility index (Phi) is 4.03. The minimum atomic E-state index is -4.29. The summed E-state index contributed by atoms with van der Waals surface area (Å²) in [6, 6.07) is 4.35. The molecule has 1 aromatic carbocycles. The molecule has 0 radical (unpaired) electrons. The average Bonchev–Trinajstić information content (AvgIpc) is 3.24. The van der Waals surface area contributed by atoms with E-state index in [2.05, 4.69) is 24.9 Å². The van der Waals surface area contributed by atoms with Gasteiger partial charge in [0.15, 0.2) is 11.6 Å². The number of sulfonamides is 1.